The number of anilines is 3. The second-order valence-corrected chi connectivity index (χ2v) is 17.9. The van der Waals surface area contributed by atoms with Gasteiger partial charge in [-0.05, 0) is 132 Å². The van der Waals surface area contributed by atoms with Crippen molar-refractivity contribution in [2.45, 2.75) is 89.9 Å². The molecule has 0 saturated heterocycles. The van der Waals surface area contributed by atoms with Gasteiger partial charge in [-0.15, -0.1) is 0 Å². The Balaban J connectivity index is 1.08. The third-order valence-corrected chi connectivity index (χ3v) is 13.9. The lowest BCUT2D eigenvalue weighted by atomic mass is 9.34. The molecule has 2 fully saturated rings. The zero-order valence-corrected chi connectivity index (χ0v) is 34.9. The van der Waals surface area contributed by atoms with Crippen LogP contribution >= 0.6 is 0 Å². The standard InChI is InChI=1S/C56H52BNO2/c1-37-23-27-46(39-15-7-3-8-16-39)48(31-37)41-25-29-50-52(33-41)59-54-35-45(58(43-19-11-5-12-20-43)44-21-13-6-14-22-44)36-55-56(54)57(50)51-30-26-42(34-53(51)60-55)49-32-38(2)24-28-47(49)40-17-9-4-10-18-40/h5-6,11-14,19-36,39-40H,3-4,7-10,15-18H2,1-2H3. The minimum absolute atomic E-state index is 0.0350. The van der Waals surface area contributed by atoms with Gasteiger partial charge in [0.05, 0.1) is 5.69 Å². The number of para-hydroxylation sites is 2. The van der Waals surface area contributed by atoms with Gasteiger partial charge in [-0.3, -0.25) is 0 Å². The van der Waals surface area contributed by atoms with E-state index in [1.165, 1.54) is 120 Å². The minimum atomic E-state index is -0.0350. The van der Waals surface area contributed by atoms with Gasteiger partial charge in [0.25, 0.3) is 6.71 Å². The molecule has 0 atom stereocenters. The fourth-order valence-corrected chi connectivity index (χ4v) is 10.9. The summed E-state index contributed by atoms with van der Waals surface area (Å²) in [6, 6.07) is 53.9. The molecule has 0 radical (unpaired) electrons. The van der Waals surface area contributed by atoms with E-state index < -0.39 is 0 Å². The van der Waals surface area contributed by atoms with Crippen molar-refractivity contribution in [3.05, 3.63) is 168 Å². The fraction of sp³-hybridized carbons (Fsp3) is 0.250. The van der Waals surface area contributed by atoms with Crippen LogP contribution in [0.1, 0.15) is 98.3 Å². The van der Waals surface area contributed by atoms with Crippen LogP contribution in [0, 0.1) is 13.8 Å². The number of fused-ring (bicyclic) bond motifs is 4. The van der Waals surface area contributed by atoms with E-state index in [-0.39, 0.29) is 6.71 Å². The molecular weight excluding hydrogens is 729 g/mol. The third kappa shape index (κ3) is 6.71. The van der Waals surface area contributed by atoms with Gasteiger partial charge in [0.2, 0.25) is 0 Å². The van der Waals surface area contributed by atoms with E-state index in [2.05, 4.69) is 164 Å². The van der Waals surface area contributed by atoms with E-state index in [1.54, 1.807) is 0 Å². The molecule has 11 rings (SSSR count). The van der Waals surface area contributed by atoms with Crippen LogP contribution in [0.25, 0.3) is 22.3 Å². The molecule has 2 saturated carbocycles. The SMILES string of the molecule is Cc1ccc(C2CCCCC2)c(-c2ccc3c(c2)Oc2cc(N(c4ccccc4)c4ccccc4)cc4c2B3c2ccc(-c3cc(C)ccc3C3CCCCC3)cc2O4)c1. The van der Waals surface area contributed by atoms with Crippen LogP contribution in [-0.2, 0) is 0 Å². The second kappa shape index (κ2) is 15.6. The summed E-state index contributed by atoms with van der Waals surface area (Å²) >= 11 is 0. The number of rotatable bonds is 7. The maximum atomic E-state index is 7.16. The van der Waals surface area contributed by atoms with Crippen molar-refractivity contribution in [1.29, 1.82) is 0 Å². The van der Waals surface area contributed by atoms with Crippen molar-refractivity contribution in [3.8, 4) is 45.3 Å². The Morgan fingerprint density at radius 1 is 0.433 bits per heavy atom. The van der Waals surface area contributed by atoms with E-state index in [0.29, 0.717) is 11.8 Å². The number of aryl methyl sites for hydroxylation is 2. The maximum Gasteiger partial charge on any atom is 0.260 e. The molecule has 4 aliphatic rings. The summed E-state index contributed by atoms with van der Waals surface area (Å²) < 4.78 is 14.3. The number of nitrogens with zero attached hydrogens (tertiary/aromatic N) is 1. The van der Waals surface area contributed by atoms with Gasteiger partial charge >= 0.3 is 0 Å². The topological polar surface area (TPSA) is 21.7 Å². The molecule has 7 aromatic rings. The Kier molecular flexibility index (Phi) is 9.60. The first-order valence-electron chi connectivity index (χ1n) is 22.5. The molecule has 0 amide bonds. The Labute approximate surface area is 356 Å². The zero-order chi connectivity index (χ0) is 40.2. The molecule has 4 heteroatoms. The van der Waals surface area contributed by atoms with Crippen LogP contribution in [0.15, 0.2) is 146 Å². The summed E-state index contributed by atoms with van der Waals surface area (Å²) in [4.78, 5) is 2.31. The van der Waals surface area contributed by atoms with Crippen LogP contribution in [-0.4, -0.2) is 6.71 Å². The van der Waals surface area contributed by atoms with Gasteiger partial charge in [-0.2, -0.15) is 0 Å². The maximum absolute atomic E-state index is 7.16. The summed E-state index contributed by atoms with van der Waals surface area (Å²) in [5.74, 6) is 4.73. The van der Waals surface area contributed by atoms with E-state index in [0.717, 1.165) is 45.5 Å². The van der Waals surface area contributed by atoms with Gasteiger partial charge in [-0.25, -0.2) is 0 Å². The van der Waals surface area contributed by atoms with Crippen LogP contribution in [0.3, 0.4) is 0 Å². The first-order chi connectivity index (χ1) is 29.6. The van der Waals surface area contributed by atoms with Crippen molar-refractivity contribution in [1.82, 2.24) is 0 Å². The lowest BCUT2D eigenvalue weighted by molar-refractivity contribution is 0.444. The molecule has 0 unspecified atom stereocenters. The first-order valence-corrected chi connectivity index (χ1v) is 22.5. The molecule has 0 spiro atoms. The third-order valence-electron chi connectivity index (χ3n) is 13.9. The number of hydrogen-bond donors (Lipinski definition) is 0. The largest absolute Gasteiger partial charge is 0.458 e. The molecule has 3 nitrogen and oxygen atoms in total. The predicted octanol–water partition coefficient (Wildman–Crippen LogP) is 13.9. The molecular formula is C56H52BNO2. The smallest absolute Gasteiger partial charge is 0.260 e. The molecule has 7 aromatic carbocycles. The molecule has 0 aromatic heterocycles. The van der Waals surface area contributed by atoms with Gasteiger partial charge in [-0.1, -0.05) is 147 Å². The molecule has 2 aliphatic heterocycles. The zero-order valence-electron chi connectivity index (χ0n) is 34.9. The van der Waals surface area contributed by atoms with Crippen molar-refractivity contribution >= 4 is 40.2 Å². The van der Waals surface area contributed by atoms with Crippen LogP contribution in [0.2, 0.25) is 0 Å². The lowest BCUT2D eigenvalue weighted by Gasteiger charge is -2.35. The molecule has 2 heterocycles. The second-order valence-electron chi connectivity index (χ2n) is 17.9. The molecule has 60 heavy (non-hydrogen) atoms. The van der Waals surface area contributed by atoms with Crippen molar-refractivity contribution < 1.29 is 9.47 Å². The normalized spacial score (nSPS) is 15.9. The summed E-state index contributed by atoms with van der Waals surface area (Å²) in [5, 5.41) is 0. The van der Waals surface area contributed by atoms with E-state index in [9.17, 15) is 0 Å². The van der Waals surface area contributed by atoms with Gasteiger partial charge in [0.15, 0.2) is 0 Å². The summed E-state index contributed by atoms with van der Waals surface area (Å²) in [6.45, 7) is 4.40. The molecule has 0 N–H and O–H groups in total. The Morgan fingerprint density at radius 2 is 0.883 bits per heavy atom. The average Bonchev–Trinajstić information content (AvgIpc) is 3.30. The first kappa shape index (κ1) is 37.0. The highest BCUT2D eigenvalue weighted by Crippen LogP contribution is 2.46. The van der Waals surface area contributed by atoms with E-state index in [1.807, 2.05) is 0 Å². The predicted molar refractivity (Wildman–Crippen MR) is 251 cm³/mol. The monoisotopic (exact) mass is 781 g/mol. The van der Waals surface area contributed by atoms with Crippen LogP contribution in [0.5, 0.6) is 23.0 Å². The highest BCUT2D eigenvalue weighted by Gasteiger charge is 2.41. The van der Waals surface area contributed by atoms with Crippen LogP contribution < -0.4 is 30.8 Å². The van der Waals surface area contributed by atoms with Crippen molar-refractivity contribution in [2.24, 2.45) is 0 Å². The quantitative estimate of drug-likeness (QED) is 0.150. The lowest BCUT2D eigenvalue weighted by Crippen LogP contribution is -2.57. The Hall–Kier alpha value is -6.00. The van der Waals surface area contributed by atoms with Gasteiger partial charge in [0.1, 0.15) is 23.0 Å². The summed E-state index contributed by atoms with van der Waals surface area (Å²) in [5.41, 5.74) is 17.3. The Bertz CT molecular complexity index is 2530. The van der Waals surface area contributed by atoms with Gasteiger partial charge in [0, 0.05) is 29.0 Å². The highest BCUT2D eigenvalue weighted by atomic mass is 16.5. The summed E-state index contributed by atoms with van der Waals surface area (Å²) in [6.07, 6.45) is 13.0. The molecule has 0 bridgehead atoms. The van der Waals surface area contributed by atoms with Crippen molar-refractivity contribution in [3.63, 3.8) is 0 Å². The number of ether oxygens (including phenoxy) is 2. The van der Waals surface area contributed by atoms with Crippen LogP contribution in [0.4, 0.5) is 17.1 Å². The number of hydrogen-bond acceptors (Lipinski definition) is 3. The highest BCUT2D eigenvalue weighted by molar-refractivity contribution is 6.98. The molecule has 296 valence electrons. The fourth-order valence-electron chi connectivity index (χ4n) is 10.9. The Morgan fingerprint density at radius 3 is 1.33 bits per heavy atom. The van der Waals surface area contributed by atoms with Crippen molar-refractivity contribution in [2.75, 3.05) is 4.90 Å². The summed E-state index contributed by atoms with van der Waals surface area (Å²) in [7, 11) is 0. The molecule has 2 aliphatic carbocycles. The minimum Gasteiger partial charge on any atom is -0.458 e. The number of benzene rings is 7. The average molecular weight is 782 g/mol. The van der Waals surface area contributed by atoms with E-state index in [4.69, 9.17) is 9.47 Å². The van der Waals surface area contributed by atoms with Gasteiger partial charge < -0.3 is 14.4 Å². The van der Waals surface area contributed by atoms with E-state index >= 15 is 0 Å².